The number of benzene rings is 1. The van der Waals surface area contributed by atoms with Gasteiger partial charge in [-0.3, -0.25) is 15.4 Å². The number of pyridine rings is 1. The Morgan fingerprint density at radius 2 is 2.00 bits per heavy atom. The number of nitrogens with zero attached hydrogens (tertiary/aromatic N) is 2. The Kier molecular flexibility index (Phi) is 5.13. The van der Waals surface area contributed by atoms with Gasteiger partial charge in [0.25, 0.3) is 11.5 Å². The van der Waals surface area contributed by atoms with Crippen LogP contribution in [0.15, 0.2) is 42.6 Å². The van der Waals surface area contributed by atoms with E-state index >= 15 is 0 Å². The highest BCUT2D eigenvalue weighted by Gasteiger charge is 2.12. The first-order valence-corrected chi connectivity index (χ1v) is 6.87. The van der Waals surface area contributed by atoms with Crippen molar-refractivity contribution in [2.75, 3.05) is 18.5 Å². The van der Waals surface area contributed by atoms with Crippen molar-refractivity contribution in [2.45, 2.75) is 13.3 Å². The van der Waals surface area contributed by atoms with E-state index in [2.05, 4.69) is 5.32 Å². The van der Waals surface area contributed by atoms with Crippen molar-refractivity contribution in [1.82, 2.24) is 0 Å². The maximum absolute atomic E-state index is 11.5. The summed E-state index contributed by atoms with van der Waals surface area (Å²) in [6, 6.07) is 10.1. The minimum Gasteiger partial charge on any atom is -0.711 e. The molecule has 0 bridgehead atoms. The van der Waals surface area contributed by atoms with Gasteiger partial charge in [-0.2, -0.15) is 0 Å². The lowest BCUT2D eigenvalue weighted by Gasteiger charge is -2.09. The molecule has 1 aromatic carbocycles. The Morgan fingerprint density at radius 3 is 2.68 bits per heavy atom. The van der Waals surface area contributed by atoms with E-state index in [4.69, 9.17) is 4.74 Å². The van der Waals surface area contributed by atoms with Crippen LogP contribution in [0.25, 0.3) is 0 Å². The van der Waals surface area contributed by atoms with Gasteiger partial charge in [0.15, 0.2) is 0 Å². The second-order valence-corrected chi connectivity index (χ2v) is 4.79. The highest BCUT2D eigenvalue weighted by Crippen LogP contribution is 2.13. The molecule has 0 saturated heterocycles. The van der Waals surface area contributed by atoms with Crippen molar-refractivity contribution in [1.29, 1.82) is 0 Å². The Morgan fingerprint density at radius 1 is 1.27 bits per heavy atom. The van der Waals surface area contributed by atoms with Crippen molar-refractivity contribution in [3.63, 3.8) is 0 Å². The molecule has 7 heteroatoms. The first-order chi connectivity index (χ1) is 10.6. The topological polar surface area (TPSA) is 91.3 Å². The summed E-state index contributed by atoms with van der Waals surface area (Å²) in [5.41, 5.74) is 1.05. The third kappa shape index (κ3) is 4.34. The summed E-state index contributed by atoms with van der Waals surface area (Å²) in [7, 11) is 0. The minimum atomic E-state index is -0.536. The molecule has 0 aliphatic carbocycles. The smallest absolute Gasteiger partial charge is 0.284 e. The maximum Gasteiger partial charge on any atom is 0.284 e. The van der Waals surface area contributed by atoms with Gasteiger partial charge in [-0.25, -0.2) is 4.73 Å². The van der Waals surface area contributed by atoms with Crippen LogP contribution in [0.2, 0.25) is 0 Å². The molecule has 1 aromatic heterocycles. The number of nitro groups is 1. The first-order valence-electron chi connectivity index (χ1n) is 6.87. The standard InChI is InChI=1S/C15H17N3O4/c1-12-3-5-14(6-4-12)22-10-2-8-16-15-11-13(18(20)21)7-9-17(15)19/h3-7,9,11,16H,2,8,10H2,1H3. The fourth-order valence-corrected chi connectivity index (χ4v) is 1.83. The van der Waals surface area contributed by atoms with Crippen LogP contribution in [0.3, 0.4) is 0 Å². The van der Waals surface area contributed by atoms with Gasteiger partial charge >= 0.3 is 0 Å². The van der Waals surface area contributed by atoms with Gasteiger partial charge in [-0.05, 0) is 19.1 Å². The Hall–Kier alpha value is -2.83. The number of aryl methyl sites for hydroxylation is 1. The Bertz CT molecular complexity index is 644. The number of nitrogens with one attached hydrogen (secondary N) is 1. The van der Waals surface area contributed by atoms with Gasteiger partial charge in [0.05, 0.1) is 24.1 Å². The van der Waals surface area contributed by atoms with E-state index in [-0.39, 0.29) is 11.5 Å². The summed E-state index contributed by atoms with van der Waals surface area (Å²) in [5, 5.41) is 25.0. The first kappa shape index (κ1) is 15.6. The lowest BCUT2D eigenvalue weighted by molar-refractivity contribution is -0.591. The van der Waals surface area contributed by atoms with Crippen molar-refractivity contribution < 1.29 is 14.4 Å². The molecule has 7 nitrogen and oxygen atoms in total. The van der Waals surface area contributed by atoms with Crippen LogP contribution >= 0.6 is 0 Å². The molecule has 1 heterocycles. The summed E-state index contributed by atoms with van der Waals surface area (Å²) < 4.78 is 6.12. The summed E-state index contributed by atoms with van der Waals surface area (Å²) in [4.78, 5) is 10.1. The van der Waals surface area contributed by atoms with Crippen molar-refractivity contribution in [3.8, 4) is 5.75 Å². The van der Waals surface area contributed by atoms with E-state index in [1.165, 1.54) is 17.7 Å². The largest absolute Gasteiger partial charge is 0.711 e. The van der Waals surface area contributed by atoms with Gasteiger partial charge in [0.1, 0.15) is 18.0 Å². The zero-order chi connectivity index (χ0) is 15.9. The van der Waals surface area contributed by atoms with E-state index < -0.39 is 4.92 Å². The zero-order valence-electron chi connectivity index (χ0n) is 12.2. The molecule has 0 fully saturated rings. The molecule has 2 aromatic rings. The molecular formula is C15H17N3O4. The third-order valence-corrected chi connectivity index (χ3v) is 3.03. The molecule has 0 saturated carbocycles. The van der Waals surface area contributed by atoms with Crippen LogP contribution < -0.4 is 14.8 Å². The predicted molar refractivity (Wildman–Crippen MR) is 81.8 cm³/mol. The lowest BCUT2D eigenvalue weighted by atomic mass is 10.2. The molecule has 0 spiro atoms. The van der Waals surface area contributed by atoms with Crippen LogP contribution in [-0.2, 0) is 0 Å². The molecule has 0 atom stereocenters. The quantitative estimate of drug-likeness (QED) is 0.279. The summed E-state index contributed by atoms with van der Waals surface area (Å²) in [5.74, 6) is 0.948. The van der Waals surface area contributed by atoms with Crippen molar-refractivity contribution >= 4 is 11.5 Å². The SMILES string of the molecule is Cc1ccc(OCCCNc2cc([N+](=O)[O-])cc[n+]2[O-])cc1. The van der Waals surface area contributed by atoms with Gasteiger partial charge in [-0.15, -0.1) is 0 Å². The minimum absolute atomic E-state index is 0.120. The molecule has 1 N–H and O–H groups in total. The van der Waals surface area contributed by atoms with Crippen molar-refractivity contribution in [3.05, 3.63) is 63.5 Å². The van der Waals surface area contributed by atoms with Crippen LogP contribution in [0, 0.1) is 22.2 Å². The molecule has 0 aliphatic heterocycles. The second kappa shape index (κ2) is 7.26. The third-order valence-electron chi connectivity index (χ3n) is 3.03. The molecular weight excluding hydrogens is 286 g/mol. The predicted octanol–water partition coefficient (Wildman–Crippen LogP) is 2.42. The molecule has 0 aliphatic rings. The fourth-order valence-electron chi connectivity index (χ4n) is 1.83. The van der Waals surface area contributed by atoms with E-state index in [0.717, 1.165) is 11.9 Å². The zero-order valence-corrected chi connectivity index (χ0v) is 12.2. The van der Waals surface area contributed by atoms with Crippen LogP contribution in [0.1, 0.15) is 12.0 Å². The highest BCUT2D eigenvalue weighted by atomic mass is 16.6. The Labute approximate surface area is 127 Å². The van der Waals surface area contributed by atoms with Crippen LogP contribution in [-0.4, -0.2) is 18.1 Å². The average Bonchev–Trinajstić information content (AvgIpc) is 2.50. The van der Waals surface area contributed by atoms with Gasteiger partial charge in [-0.1, -0.05) is 17.7 Å². The van der Waals surface area contributed by atoms with Crippen molar-refractivity contribution in [2.24, 2.45) is 0 Å². The summed E-state index contributed by atoms with van der Waals surface area (Å²) >= 11 is 0. The number of ether oxygens (including phenoxy) is 1. The normalized spacial score (nSPS) is 10.2. The molecule has 0 unspecified atom stereocenters. The van der Waals surface area contributed by atoms with Gasteiger partial charge in [0.2, 0.25) is 0 Å². The maximum atomic E-state index is 11.5. The number of hydrogen-bond acceptors (Lipinski definition) is 5. The number of anilines is 1. The second-order valence-electron chi connectivity index (χ2n) is 4.79. The molecule has 0 amide bonds. The summed E-state index contributed by atoms with van der Waals surface area (Å²) in [6.45, 7) is 2.98. The molecule has 2 rings (SSSR count). The average molecular weight is 303 g/mol. The highest BCUT2D eigenvalue weighted by molar-refractivity contribution is 5.40. The molecule has 116 valence electrons. The Balaban J connectivity index is 1.78. The lowest BCUT2D eigenvalue weighted by Crippen LogP contribution is -2.30. The van der Waals surface area contributed by atoms with E-state index in [9.17, 15) is 15.3 Å². The van der Waals surface area contributed by atoms with Gasteiger partial charge < -0.3 is 9.94 Å². The van der Waals surface area contributed by atoms with Crippen LogP contribution in [0.4, 0.5) is 11.5 Å². The van der Waals surface area contributed by atoms with E-state index in [0.29, 0.717) is 24.3 Å². The monoisotopic (exact) mass is 303 g/mol. The molecule has 0 radical (unpaired) electrons. The van der Waals surface area contributed by atoms with E-state index in [1.54, 1.807) is 0 Å². The molecule has 22 heavy (non-hydrogen) atoms. The summed E-state index contributed by atoms with van der Waals surface area (Å²) in [6.07, 6.45) is 1.78. The van der Waals surface area contributed by atoms with E-state index in [1.807, 2.05) is 31.2 Å². The number of hydrogen-bond donors (Lipinski definition) is 1. The number of rotatable bonds is 7. The number of aromatic nitrogens is 1. The van der Waals surface area contributed by atoms with Gasteiger partial charge in [0, 0.05) is 6.42 Å². The van der Waals surface area contributed by atoms with Crippen LogP contribution in [0.5, 0.6) is 5.75 Å². The fraction of sp³-hybridized carbons (Fsp3) is 0.267.